The van der Waals surface area contributed by atoms with Crippen molar-refractivity contribution < 1.29 is 4.74 Å². The van der Waals surface area contributed by atoms with Gasteiger partial charge in [-0.3, -0.25) is 9.78 Å². The van der Waals surface area contributed by atoms with Crippen molar-refractivity contribution in [1.82, 2.24) is 34.8 Å². The first-order chi connectivity index (χ1) is 18.6. The quantitative estimate of drug-likeness (QED) is 0.335. The lowest BCUT2D eigenvalue weighted by Gasteiger charge is -2.34. The fraction of sp³-hybridized carbons (Fsp3) is 0.481. The summed E-state index contributed by atoms with van der Waals surface area (Å²) in [6, 6.07) is 6.64. The highest BCUT2D eigenvalue weighted by Crippen LogP contribution is 2.35. The Hall–Kier alpha value is -3.86. The number of nitrogens with zero attached hydrogens (tertiary/aromatic N) is 7. The molecule has 6 rings (SSSR count). The average molecular weight is 517 g/mol. The van der Waals surface area contributed by atoms with E-state index in [1.165, 1.54) is 19.3 Å². The molecule has 2 fully saturated rings. The summed E-state index contributed by atoms with van der Waals surface area (Å²) in [5.74, 6) is 2.01. The zero-order valence-corrected chi connectivity index (χ0v) is 22.4. The van der Waals surface area contributed by atoms with Crippen LogP contribution in [0.15, 0.2) is 30.6 Å². The molecule has 200 valence electrons. The van der Waals surface area contributed by atoms with Gasteiger partial charge in [0.25, 0.3) is 0 Å². The topological polar surface area (TPSA) is 112 Å². The maximum Gasteiger partial charge on any atom is 0.231 e. The third-order valence-corrected chi connectivity index (χ3v) is 7.65. The van der Waals surface area contributed by atoms with Crippen LogP contribution in [0.3, 0.4) is 0 Å². The molecule has 1 saturated heterocycles. The van der Waals surface area contributed by atoms with Gasteiger partial charge in [-0.2, -0.15) is 20.2 Å². The Bertz CT molecular complexity index is 1400. The van der Waals surface area contributed by atoms with Crippen molar-refractivity contribution in [3.8, 4) is 17.0 Å². The molecule has 0 atom stereocenters. The van der Waals surface area contributed by atoms with Gasteiger partial charge in [0, 0.05) is 62.8 Å². The van der Waals surface area contributed by atoms with Crippen LogP contribution in [0.4, 0.5) is 23.1 Å². The number of aryl methyl sites for hydroxylation is 1. The van der Waals surface area contributed by atoms with Crippen LogP contribution < -0.4 is 20.3 Å². The van der Waals surface area contributed by atoms with E-state index in [-0.39, 0.29) is 0 Å². The van der Waals surface area contributed by atoms with E-state index in [9.17, 15) is 0 Å². The number of likely N-dealkylation sites (N-methyl/N-ethyl adjacent to an activating group) is 1. The smallest absolute Gasteiger partial charge is 0.231 e. The van der Waals surface area contributed by atoms with Crippen LogP contribution >= 0.6 is 0 Å². The minimum Gasteiger partial charge on any atom is -0.494 e. The zero-order valence-electron chi connectivity index (χ0n) is 22.4. The zero-order chi connectivity index (χ0) is 26.1. The number of methoxy groups -OCH3 is 1. The van der Waals surface area contributed by atoms with Gasteiger partial charge in [0.15, 0.2) is 5.65 Å². The van der Waals surface area contributed by atoms with E-state index in [1.54, 1.807) is 11.8 Å². The van der Waals surface area contributed by atoms with E-state index in [4.69, 9.17) is 14.7 Å². The van der Waals surface area contributed by atoms with Crippen molar-refractivity contribution in [3.63, 3.8) is 0 Å². The van der Waals surface area contributed by atoms with Crippen molar-refractivity contribution in [2.45, 2.75) is 38.1 Å². The average Bonchev–Trinajstić information content (AvgIpc) is 3.56. The molecule has 1 aliphatic heterocycles. The third-order valence-electron chi connectivity index (χ3n) is 7.65. The third kappa shape index (κ3) is 4.98. The van der Waals surface area contributed by atoms with E-state index in [0.717, 1.165) is 78.6 Å². The van der Waals surface area contributed by atoms with Crippen molar-refractivity contribution >= 4 is 34.2 Å². The maximum absolute atomic E-state index is 5.77. The van der Waals surface area contributed by atoms with E-state index < -0.39 is 0 Å². The molecule has 0 amide bonds. The van der Waals surface area contributed by atoms with Crippen molar-refractivity contribution in [2.75, 3.05) is 55.9 Å². The number of piperazine rings is 1. The van der Waals surface area contributed by atoms with Gasteiger partial charge in [-0.15, -0.1) is 0 Å². The predicted octanol–water partition coefficient (Wildman–Crippen LogP) is 4.00. The predicted molar refractivity (Wildman–Crippen MR) is 150 cm³/mol. The van der Waals surface area contributed by atoms with Crippen molar-refractivity contribution in [3.05, 3.63) is 30.6 Å². The Morgan fingerprint density at radius 1 is 1.03 bits per heavy atom. The summed E-state index contributed by atoms with van der Waals surface area (Å²) in [4.78, 5) is 14.5. The van der Waals surface area contributed by atoms with Crippen molar-refractivity contribution in [2.24, 2.45) is 7.05 Å². The lowest BCUT2D eigenvalue weighted by molar-refractivity contribution is 0.312. The van der Waals surface area contributed by atoms with Crippen LogP contribution in [0.1, 0.15) is 32.1 Å². The summed E-state index contributed by atoms with van der Waals surface area (Å²) >= 11 is 0. The number of hydrogen-bond donors (Lipinski definition) is 3. The van der Waals surface area contributed by atoms with Gasteiger partial charge in [0.2, 0.25) is 5.95 Å². The number of anilines is 4. The molecule has 4 aromatic rings. The molecule has 0 spiro atoms. The number of nitrogens with one attached hydrogen (secondary N) is 3. The van der Waals surface area contributed by atoms with Crippen LogP contribution in [0.5, 0.6) is 5.75 Å². The number of ether oxygens (including phenoxy) is 1. The molecule has 3 N–H and O–H groups in total. The molecule has 4 heterocycles. The standard InChI is InChI=1S/C27H36N10O/c1-35-11-13-37(14-12-35)20-9-10-21(22(15-20)38-3)30-27-31-25(29-19-7-5-4-6-8-19)23-24(33-34-26(23)32-27)18-16-28-36(2)17-18/h9-10,15-17,19H,4-8,11-14H2,1-3H3,(H3,29,30,31,32,33,34). The van der Waals surface area contributed by atoms with Gasteiger partial charge < -0.3 is 25.2 Å². The van der Waals surface area contributed by atoms with Gasteiger partial charge in [-0.25, -0.2) is 0 Å². The summed E-state index contributed by atoms with van der Waals surface area (Å²) in [5.41, 5.74) is 4.40. The maximum atomic E-state index is 5.77. The Morgan fingerprint density at radius 2 is 1.84 bits per heavy atom. The normalized spacial score (nSPS) is 17.2. The second kappa shape index (κ2) is 10.5. The molecule has 0 bridgehead atoms. The first kappa shape index (κ1) is 24.5. The summed E-state index contributed by atoms with van der Waals surface area (Å²) in [6.45, 7) is 4.11. The van der Waals surface area contributed by atoms with Crippen LogP contribution in [0.2, 0.25) is 0 Å². The fourth-order valence-electron chi connectivity index (χ4n) is 5.45. The Morgan fingerprint density at radius 3 is 2.58 bits per heavy atom. The number of aromatic amines is 1. The monoisotopic (exact) mass is 516 g/mol. The number of fused-ring (bicyclic) bond motifs is 1. The SMILES string of the molecule is COc1cc(N2CCN(C)CC2)ccc1Nc1nc(NC2CCCCC2)c2c(-c3cnn(C)c3)[nH]nc2n1. The highest BCUT2D eigenvalue weighted by molar-refractivity contribution is 5.99. The molecule has 2 aliphatic rings. The number of H-pyrrole nitrogens is 1. The second-order valence-corrected chi connectivity index (χ2v) is 10.4. The lowest BCUT2D eigenvalue weighted by Crippen LogP contribution is -2.44. The van der Waals surface area contributed by atoms with Crippen LogP contribution in [-0.4, -0.2) is 81.2 Å². The first-order valence-corrected chi connectivity index (χ1v) is 13.5. The van der Waals surface area contributed by atoms with Gasteiger partial charge >= 0.3 is 0 Å². The van der Waals surface area contributed by atoms with Gasteiger partial charge in [-0.05, 0) is 32.0 Å². The van der Waals surface area contributed by atoms with Gasteiger partial charge in [0.05, 0.1) is 30.1 Å². The highest BCUT2D eigenvalue weighted by atomic mass is 16.5. The minimum atomic E-state index is 0.378. The highest BCUT2D eigenvalue weighted by Gasteiger charge is 2.22. The van der Waals surface area contributed by atoms with Crippen LogP contribution in [0, 0.1) is 0 Å². The van der Waals surface area contributed by atoms with E-state index in [1.807, 2.05) is 25.5 Å². The van der Waals surface area contributed by atoms with E-state index in [0.29, 0.717) is 17.6 Å². The molecule has 1 aliphatic carbocycles. The molecule has 11 nitrogen and oxygen atoms in total. The van der Waals surface area contributed by atoms with Gasteiger partial charge in [0.1, 0.15) is 11.6 Å². The minimum absolute atomic E-state index is 0.378. The molecule has 1 aromatic carbocycles. The Kier molecular flexibility index (Phi) is 6.75. The lowest BCUT2D eigenvalue weighted by atomic mass is 9.95. The first-order valence-electron chi connectivity index (χ1n) is 13.5. The van der Waals surface area contributed by atoms with Crippen LogP contribution in [-0.2, 0) is 7.05 Å². The fourth-order valence-corrected chi connectivity index (χ4v) is 5.45. The molecule has 1 saturated carbocycles. The van der Waals surface area contributed by atoms with E-state index >= 15 is 0 Å². The molecule has 11 heteroatoms. The number of hydrogen-bond acceptors (Lipinski definition) is 9. The molecule has 3 aromatic heterocycles. The molecule has 38 heavy (non-hydrogen) atoms. The number of rotatable bonds is 7. The number of aromatic nitrogens is 6. The summed E-state index contributed by atoms with van der Waals surface area (Å²) < 4.78 is 7.55. The van der Waals surface area contributed by atoms with Gasteiger partial charge in [-0.1, -0.05) is 19.3 Å². The van der Waals surface area contributed by atoms with E-state index in [2.05, 4.69) is 54.9 Å². The molecular weight excluding hydrogens is 480 g/mol. The Labute approximate surface area is 222 Å². The molecule has 0 radical (unpaired) electrons. The van der Waals surface area contributed by atoms with Crippen LogP contribution in [0.25, 0.3) is 22.3 Å². The van der Waals surface area contributed by atoms with Crippen molar-refractivity contribution in [1.29, 1.82) is 0 Å². The largest absolute Gasteiger partial charge is 0.494 e. The Balaban J connectivity index is 1.33. The molecular formula is C27H36N10O. The second-order valence-electron chi connectivity index (χ2n) is 10.4. The number of benzene rings is 1. The summed E-state index contributed by atoms with van der Waals surface area (Å²) in [6.07, 6.45) is 9.82. The summed E-state index contributed by atoms with van der Waals surface area (Å²) in [7, 11) is 5.77. The molecule has 0 unspecified atom stereocenters. The summed E-state index contributed by atoms with van der Waals surface area (Å²) in [5, 5.41) is 20.1.